The number of amides is 4. The van der Waals surface area contributed by atoms with Crippen LogP contribution in [0.1, 0.15) is 55.5 Å². The molecule has 2 fully saturated rings. The molecule has 154 valence electrons. The number of nitrogens with one attached hydrogen (secondary N) is 2. The topological polar surface area (TPSA) is 98.8 Å². The summed E-state index contributed by atoms with van der Waals surface area (Å²) >= 11 is 0. The van der Waals surface area contributed by atoms with E-state index >= 15 is 0 Å². The summed E-state index contributed by atoms with van der Waals surface area (Å²) in [4.78, 5) is 53.4. The van der Waals surface area contributed by atoms with E-state index in [1.165, 1.54) is 4.90 Å². The van der Waals surface area contributed by atoms with Crippen LogP contribution >= 0.6 is 0 Å². The van der Waals surface area contributed by atoms with Crippen LogP contribution in [0.2, 0.25) is 0 Å². The number of fused-ring (bicyclic) bond motifs is 1. The van der Waals surface area contributed by atoms with E-state index in [0.717, 1.165) is 24.9 Å². The Hall–Kier alpha value is -2.74. The van der Waals surface area contributed by atoms with Crippen LogP contribution in [0.5, 0.6) is 0 Å². The van der Waals surface area contributed by atoms with Gasteiger partial charge in [0.05, 0.1) is 17.3 Å². The van der Waals surface area contributed by atoms with Crippen molar-refractivity contribution in [3.63, 3.8) is 0 Å². The van der Waals surface area contributed by atoms with E-state index in [4.69, 9.17) is 0 Å². The minimum Gasteiger partial charge on any atom is -0.324 e. The summed E-state index contributed by atoms with van der Waals surface area (Å²) in [6.45, 7) is 5.34. The number of benzene rings is 1. The monoisotopic (exact) mass is 398 g/mol. The third-order valence-electron chi connectivity index (χ3n) is 6.07. The molecule has 0 bridgehead atoms. The standard InChI is InChI=1S/C21H26N4O4/c1-12(2)24-10-4-7-15(24)19(27)22-14-6-3-5-13-11-25(21(29)18(13)14)16-8-9-17(26)23-20(16)28/h3,5-6,12,15-16H,4,7-11H2,1-2H3,(H,22,27)(H,23,26,28). The molecule has 2 N–H and O–H groups in total. The average molecular weight is 398 g/mol. The summed E-state index contributed by atoms with van der Waals surface area (Å²) in [5, 5.41) is 5.26. The second kappa shape index (κ2) is 7.59. The van der Waals surface area contributed by atoms with Gasteiger partial charge in [-0.3, -0.25) is 29.4 Å². The van der Waals surface area contributed by atoms with Gasteiger partial charge >= 0.3 is 0 Å². The minimum absolute atomic E-state index is 0.100. The molecule has 4 rings (SSSR count). The quantitative estimate of drug-likeness (QED) is 0.744. The first-order valence-corrected chi connectivity index (χ1v) is 10.2. The summed E-state index contributed by atoms with van der Waals surface area (Å²) in [6.07, 6.45) is 2.31. The van der Waals surface area contributed by atoms with Crippen molar-refractivity contribution < 1.29 is 19.2 Å². The predicted molar refractivity (Wildman–Crippen MR) is 106 cm³/mol. The minimum atomic E-state index is -0.664. The molecule has 29 heavy (non-hydrogen) atoms. The van der Waals surface area contributed by atoms with E-state index < -0.39 is 11.9 Å². The molecule has 2 unspecified atom stereocenters. The number of imide groups is 1. The van der Waals surface area contributed by atoms with E-state index in [-0.39, 0.29) is 36.2 Å². The molecule has 8 nitrogen and oxygen atoms in total. The van der Waals surface area contributed by atoms with Gasteiger partial charge in [0.2, 0.25) is 17.7 Å². The Morgan fingerprint density at radius 3 is 2.72 bits per heavy atom. The van der Waals surface area contributed by atoms with Crippen LogP contribution in [0.25, 0.3) is 0 Å². The van der Waals surface area contributed by atoms with Gasteiger partial charge in [0.15, 0.2) is 0 Å². The highest BCUT2D eigenvalue weighted by Gasteiger charge is 2.40. The van der Waals surface area contributed by atoms with Gasteiger partial charge in [-0.1, -0.05) is 12.1 Å². The SMILES string of the molecule is CC(C)N1CCCC1C(=O)Nc1cccc2c1C(=O)N(C1CCC(=O)NC1=O)C2. The fourth-order valence-corrected chi connectivity index (χ4v) is 4.62. The number of carbonyl (C=O) groups excluding carboxylic acids is 4. The Labute approximate surface area is 169 Å². The zero-order valence-corrected chi connectivity index (χ0v) is 16.7. The normalized spacial score (nSPS) is 24.8. The molecule has 0 spiro atoms. The van der Waals surface area contributed by atoms with Gasteiger partial charge in [-0.05, 0) is 51.3 Å². The molecule has 3 aliphatic heterocycles. The van der Waals surface area contributed by atoms with Crippen molar-refractivity contribution in [3.8, 4) is 0 Å². The predicted octanol–water partition coefficient (Wildman–Crippen LogP) is 1.26. The Balaban J connectivity index is 1.54. The van der Waals surface area contributed by atoms with Crippen LogP contribution in [-0.2, 0) is 20.9 Å². The fraction of sp³-hybridized carbons (Fsp3) is 0.524. The molecule has 4 amide bonds. The Bertz CT molecular complexity index is 881. The van der Waals surface area contributed by atoms with E-state index in [1.54, 1.807) is 6.07 Å². The molecule has 0 saturated carbocycles. The van der Waals surface area contributed by atoms with Crippen molar-refractivity contribution >= 4 is 29.3 Å². The van der Waals surface area contributed by atoms with Crippen LogP contribution in [0, 0.1) is 0 Å². The van der Waals surface area contributed by atoms with Crippen molar-refractivity contribution in [1.82, 2.24) is 15.1 Å². The van der Waals surface area contributed by atoms with Gasteiger partial charge in [0, 0.05) is 19.0 Å². The second-order valence-electron chi connectivity index (χ2n) is 8.22. The number of hydrogen-bond acceptors (Lipinski definition) is 5. The highest BCUT2D eigenvalue weighted by atomic mass is 16.2. The van der Waals surface area contributed by atoms with E-state index in [1.807, 2.05) is 12.1 Å². The first-order chi connectivity index (χ1) is 13.9. The van der Waals surface area contributed by atoms with Crippen LogP contribution in [0.15, 0.2) is 18.2 Å². The third kappa shape index (κ3) is 3.53. The van der Waals surface area contributed by atoms with Gasteiger partial charge in [0.1, 0.15) is 6.04 Å². The summed E-state index contributed by atoms with van der Waals surface area (Å²) in [5.41, 5.74) is 1.71. The Kier molecular flexibility index (Phi) is 5.12. The highest BCUT2D eigenvalue weighted by molar-refractivity contribution is 6.10. The number of rotatable bonds is 4. The molecule has 8 heteroatoms. The number of piperidine rings is 1. The lowest BCUT2D eigenvalue weighted by atomic mass is 10.0. The zero-order chi connectivity index (χ0) is 20.7. The number of carbonyl (C=O) groups is 4. The number of hydrogen-bond donors (Lipinski definition) is 2. The maximum Gasteiger partial charge on any atom is 0.257 e. The van der Waals surface area contributed by atoms with Gasteiger partial charge in [0.25, 0.3) is 5.91 Å². The first kappa shape index (κ1) is 19.6. The highest BCUT2D eigenvalue weighted by Crippen LogP contribution is 2.33. The average Bonchev–Trinajstić information content (AvgIpc) is 3.28. The van der Waals surface area contributed by atoms with Crippen LogP contribution < -0.4 is 10.6 Å². The molecule has 2 atom stereocenters. The lowest BCUT2D eigenvalue weighted by Crippen LogP contribution is -2.52. The van der Waals surface area contributed by atoms with Gasteiger partial charge in [-0.25, -0.2) is 0 Å². The molecule has 1 aromatic carbocycles. The number of anilines is 1. The van der Waals surface area contributed by atoms with Crippen molar-refractivity contribution in [2.75, 3.05) is 11.9 Å². The second-order valence-corrected chi connectivity index (χ2v) is 8.22. The fourth-order valence-electron chi connectivity index (χ4n) is 4.62. The van der Waals surface area contributed by atoms with Crippen molar-refractivity contribution in [2.24, 2.45) is 0 Å². The zero-order valence-electron chi connectivity index (χ0n) is 16.7. The maximum absolute atomic E-state index is 13.1. The third-order valence-corrected chi connectivity index (χ3v) is 6.07. The summed E-state index contributed by atoms with van der Waals surface area (Å²) in [7, 11) is 0. The van der Waals surface area contributed by atoms with Gasteiger partial charge in [-0.15, -0.1) is 0 Å². The van der Waals surface area contributed by atoms with E-state index in [2.05, 4.69) is 29.4 Å². The molecule has 1 aromatic rings. The molecule has 0 aliphatic carbocycles. The molecule has 3 aliphatic rings. The van der Waals surface area contributed by atoms with Crippen LogP contribution in [0.3, 0.4) is 0 Å². The molecule has 0 aromatic heterocycles. The summed E-state index contributed by atoms with van der Waals surface area (Å²) in [5.74, 6) is -1.13. The van der Waals surface area contributed by atoms with Gasteiger partial charge < -0.3 is 10.2 Å². The lowest BCUT2D eigenvalue weighted by molar-refractivity contribution is -0.137. The molecular formula is C21H26N4O4. The maximum atomic E-state index is 13.1. The van der Waals surface area contributed by atoms with Crippen molar-refractivity contribution in [3.05, 3.63) is 29.3 Å². The smallest absolute Gasteiger partial charge is 0.257 e. The first-order valence-electron chi connectivity index (χ1n) is 10.2. The molecule has 3 heterocycles. The largest absolute Gasteiger partial charge is 0.324 e. The molecular weight excluding hydrogens is 372 g/mol. The number of likely N-dealkylation sites (tertiary alicyclic amines) is 1. The van der Waals surface area contributed by atoms with Crippen LogP contribution in [-0.4, -0.2) is 58.1 Å². The molecule has 0 radical (unpaired) electrons. The summed E-state index contributed by atoms with van der Waals surface area (Å²) < 4.78 is 0. The van der Waals surface area contributed by atoms with Gasteiger partial charge in [-0.2, -0.15) is 0 Å². The number of nitrogens with zero attached hydrogens (tertiary/aromatic N) is 2. The summed E-state index contributed by atoms with van der Waals surface area (Å²) in [6, 6.07) is 4.79. The van der Waals surface area contributed by atoms with Crippen molar-refractivity contribution in [1.29, 1.82) is 0 Å². The van der Waals surface area contributed by atoms with E-state index in [9.17, 15) is 19.2 Å². The lowest BCUT2D eigenvalue weighted by Gasteiger charge is -2.29. The van der Waals surface area contributed by atoms with E-state index in [0.29, 0.717) is 24.2 Å². The Morgan fingerprint density at radius 1 is 1.21 bits per heavy atom. The molecule has 2 saturated heterocycles. The van der Waals surface area contributed by atoms with Crippen LogP contribution in [0.4, 0.5) is 5.69 Å². The van der Waals surface area contributed by atoms with Crippen molar-refractivity contribution in [2.45, 2.75) is 64.2 Å². The Morgan fingerprint density at radius 2 is 2.00 bits per heavy atom.